The van der Waals surface area contributed by atoms with E-state index in [0.29, 0.717) is 53.9 Å². The molecule has 0 bridgehead atoms. The van der Waals surface area contributed by atoms with Crippen molar-refractivity contribution >= 4 is 40.0 Å². The van der Waals surface area contributed by atoms with Gasteiger partial charge in [-0.15, -0.1) is 0 Å². The van der Waals surface area contributed by atoms with Crippen LogP contribution in [0.2, 0.25) is 5.02 Å². The summed E-state index contributed by atoms with van der Waals surface area (Å²) in [6.07, 6.45) is 2.86. The maximum atomic E-state index is 14.3. The van der Waals surface area contributed by atoms with Gasteiger partial charge < -0.3 is 15.1 Å². The Bertz CT molecular complexity index is 1590. The minimum atomic E-state index is -0.475. The number of hydrogen-bond donors (Lipinski definition) is 1. The first-order valence-electron chi connectivity index (χ1n) is 11.5. The summed E-state index contributed by atoms with van der Waals surface area (Å²) in [7, 11) is 1.70. The van der Waals surface area contributed by atoms with Crippen molar-refractivity contribution in [3.8, 4) is 5.69 Å². The molecule has 2 aliphatic rings. The molecule has 9 nitrogen and oxygen atoms in total. The second kappa shape index (κ2) is 8.56. The van der Waals surface area contributed by atoms with Crippen LogP contribution in [0, 0.1) is 5.82 Å². The number of carbonyl (C=O) groups excluding carboxylic acids is 1. The van der Waals surface area contributed by atoms with Gasteiger partial charge in [0, 0.05) is 13.6 Å². The van der Waals surface area contributed by atoms with Crippen molar-refractivity contribution in [3.05, 3.63) is 81.4 Å². The first kappa shape index (κ1) is 22.4. The monoisotopic (exact) mass is 505 g/mol. The highest BCUT2D eigenvalue weighted by Crippen LogP contribution is 2.39. The third kappa shape index (κ3) is 3.48. The number of anilines is 2. The Balaban J connectivity index is 1.59. The van der Waals surface area contributed by atoms with Gasteiger partial charge >= 0.3 is 0 Å². The van der Waals surface area contributed by atoms with E-state index in [1.807, 2.05) is 4.90 Å². The minimum Gasteiger partial charge on any atom is -0.352 e. The number of carbonyl (C=O) groups is 1. The summed E-state index contributed by atoms with van der Waals surface area (Å²) >= 11 is 6.39. The predicted molar refractivity (Wildman–Crippen MR) is 134 cm³/mol. The molecule has 36 heavy (non-hydrogen) atoms. The van der Waals surface area contributed by atoms with E-state index in [4.69, 9.17) is 16.6 Å². The molecule has 1 fully saturated rings. The number of rotatable bonds is 3. The number of nitrogens with zero attached hydrogens (tertiary/aromatic N) is 6. The molecule has 2 aromatic carbocycles. The van der Waals surface area contributed by atoms with Crippen LogP contribution in [0.4, 0.5) is 16.0 Å². The molecule has 0 spiro atoms. The van der Waals surface area contributed by atoms with E-state index in [2.05, 4.69) is 15.3 Å². The lowest BCUT2D eigenvalue weighted by Gasteiger charge is -2.32. The highest BCUT2D eigenvalue weighted by atomic mass is 35.5. The molecule has 1 amide bonds. The number of aromatic nitrogens is 4. The fourth-order valence-electron chi connectivity index (χ4n) is 4.96. The molecule has 0 saturated carbocycles. The molecule has 4 aromatic rings. The number of benzene rings is 2. The minimum absolute atomic E-state index is 0.189. The summed E-state index contributed by atoms with van der Waals surface area (Å²) in [5.74, 6) is 0.699. The fourth-order valence-corrected chi connectivity index (χ4v) is 5.22. The topological polar surface area (TPSA) is 96.2 Å². The zero-order valence-electron chi connectivity index (χ0n) is 19.3. The van der Waals surface area contributed by atoms with Crippen LogP contribution in [-0.2, 0) is 0 Å². The zero-order valence-corrected chi connectivity index (χ0v) is 20.0. The van der Waals surface area contributed by atoms with Crippen LogP contribution in [0.15, 0.2) is 53.6 Å². The predicted octanol–water partition coefficient (Wildman–Crippen LogP) is 3.76. The van der Waals surface area contributed by atoms with Crippen LogP contribution in [0.5, 0.6) is 0 Å². The number of nitrogens with one attached hydrogen (secondary N) is 1. The van der Waals surface area contributed by atoms with Crippen molar-refractivity contribution in [2.75, 3.05) is 30.5 Å². The van der Waals surface area contributed by atoms with Crippen molar-refractivity contribution in [2.45, 2.75) is 18.9 Å². The van der Waals surface area contributed by atoms with Crippen LogP contribution >= 0.6 is 11.6 Å². The van der Waals surface area contributed by atoms with Gasteiger partial charge in [-0.3, -0.25) is 14.2 Å². The Hall–Kier alpha value is -4.05. The van der Waals surface area contributed by atoms with Gasteiger partial charge in [0.2, 0.25) is 0 Å². The molecule has 4 heterocycles. The second-order valence-electron chi connectivity index (χ2n) is 8.83. The van der Waals surface area contributed by atoms with Crippen molar-refractivity contribution in [1.82, 2.24) is 24.4 Å². The largest absolute Gasteiger partial charge is 0.352 e. The molecule has 11 heteroatoms. The molecular formula is C25H21ClFN7O2. The van der Waals surface area contributed by atoms with Crippen molar-refractivity contribution < 1.29 is 9.18 Å². The average molecular weight is 506 g/mol. The maximum Gasteiger partial charge on any atom is 0.267 e. The average Bonchev–Trinajstić information content (AvgIpc) is 3.35. The smallest absolute Gasteiger partial charge is 0.267 e. The van der Waals surface area contributed by atoms with Crippen molar-refractivity contribution in [1.29, 1.82) is 0 Å². The summed E-state index contributed by atoms with van der Waals surface area (Å²) in [5, 5.41) is 3.68. The molecule has 0 aliphatic carbocycles. The molecule has 182 valence electrons. The first-order valence-corrected chi connectivity index (χ1v) is 11.9. The summed E-state index contributed by atoms with van der Waals surface area (Å²) in [4.78, 5) is 44.0. The zero-order chi connectivity index (χ0) is 25.0. The SMILES string of the molecule is CN1CNc2ncnc(N3CCCC3c3nc4cccc(Cl)c4c(=O)n3-c3cccc(F)c3)c2C1=O. The van der Waals surface area contributed by atoms with Gasteiger partial charge in [0.15, 0.2) is 0 Å². The van der Waals surface area contributed by atoms with Gasteiger partial charge in [0.05, 0.1) is 34.3 Å². The summed E-state index contributed by atoms with van der Waals surface area (Å²) in [5.41, 5.74) is 0.782. The Morgan fingerprint density at radius 3 is 2.81 bits per heavy atom. The van der Waals surface area contributed by atoms with Gasteiger partial charge in [-0.25, -0.2) is 19.3 Å². The summed E-state index contributed by atoms with van der Waals surface area (Å²) in [6, 6.07) is 10.5. The Labute approximate surface area is 210 Å². The van der Waals surface area contributed by atoms with Crippen molar-refractivity contribution in [3.63, 3.8) is 0 Å². The fraction of sp³-hybridized carbons (Fsp3) is 0.240. The normalized spacial score (nSPS) is 17.4. The summed E-state index contributed by atoms with van der Waals surface area (Å²) < 4.78 is 15.7. The molecule has 2 aromatic heterocycles. The Kier molecular flexibility index (Phi) is 5.33. The number of halogens is 2. The highest BCUT2D eigenvalue weighted by Gasteiger charge is 2.37. The van der Waals surface area contributed by atoms with Gasteiger partial charge in [-0.1, -0.05) is 23.7 Å². The lowest BCUT2D eigenvalue weighted by atomic mass is 10.1. The van der Waals surface area contributed by atoms with Crippen LogP contribution < -0.4 is 15.8 Å². The molecule has 6 rings (SSSR count). The lowest BCUT2D eigenvalue weighted by molar-refractivity contribution is 0.0796. The third-order valence-corrected chi connectivity index (χ3v) is 6.95. The van der Waals surface area contributed by atoms with Crippen LogP contribution in [-0.4, -0.2) is 50.6 Å². The summed E-state index contributed by atoms with van der Waals surface area (Å²) in [6.45, 7) is 0.940. The molecule has 2 aliphatic heterocycles. The number of amides is 1. The van der Waals surface area contributed by atoms with Gasteiger partial charge in [-0.05, 0) is 43.2 Å². The first-order chi connectivity index (χ1) is 17.4. The molecule has 1 saturated heterocycles. The standard InChI is InChI=1S/C25H21ClFN7O2/c1-32-13-30-21-20(24(32)35)23(29-12-28-21)33-10-4-9-18(33)22-31-17-8-3-7-16(26)19(17)25(36)34(22)15-6-2-5-14(27)11-15/h2-3,5-8,11-12,18H,4,9-10,13H2,1H3,(H,28,29,30). The third-order valence-electron chi connectivity index (χ3n) is 6.63. The van der Waals surface area contributed by atoms with E-state index in [-0.39, 0.29) is 21.9 Å². The number of fused-ring (bicyclic) bond motifs is 2. The Morgan fingerprint density at radius 1 is 1.14 bits per heavy atom. The van der Waals surface area contributed by atoms with E-state index in [9.17, 15) is 14.0 Å². The van der Waals surface area contributed by atoms with Gasteiger partial charge in [0.1, 0.15) is 35.2 Å². The molecule has 0 radical (unpaired) electrons. The van der Waals surface area contributed by atoms with Gasteiger partial charge in [0.25, 0.3) is 11.5 Å². The van der Waals surface area contributed by atoms with Crippen LogP contribution in [0.1, 0.15) is 35.1 Å². The van der Waals surface area contributed by atoms with Crippen LogP contribution in [0.25, 0.3) is 16.6 Å². The van der Waals surface area contributed by atoms with Gasteiger partial charge in [-0.2, -0.15) is 0 Å². The van der Waals surface area contributed by atoms with Crippen molar-refractivity contribution in [2.24, 2.45) is 0 Å². The molecule has 1 N–H and O–H groups in total. The van der Waals surface area contributed by atoms with E-state index in [0.717, 1.165) is 6.42 Å². The van der Waals surface area contributed by atoms with E-state index in [1.54, 1.807) is 42.3 Å². The quantitative estimate of drug-likeness (QED) is 0.453. The second-order valence-corrected chi connectivity index (χ2v) is 9.24. The lowest BCUT2D eigenvalue weighted by Crippen LogP contribution is -2.40. The number of hydrogen-bond acceptors (Lipinski definition) is 7. The maximum absolute atomic E-state index is 14.3. The molecular weight excluding hydrogens is 485 g/mol. The van der Waals surface area contributed by atoms with E-state index in [1.165, 1.54) is 23.0 Å². The Morgan fingerprint density at radius 2 is 1.97 bits per heavy atom. The van der Waals surface area contributed by atoms with E-state index >= 15 is 0 Å². The molecule has 1 atom stereocenters. The molecule has 1 unspecified atom stereocenters. The highest BCUT2D eigenvalue weighted by molar-refractivity contribution is 6.35. The van der Waals surface area contributed by atoms with Crippen LogP contribution in [0.3, 0.4) is 0 Å². The van der Waals surface area contributed by atoms with E-state index < -0.39 is 11.9 Å².